The lowest BCUT2D eigenvalue weighted by Crippen LogP contribution is -2.33. The summed E-state index contributed by atoms with van der Waals surface area (Å²) in [6.45, 7) is 0. The molecule has 6 nitrogen and oxygen atoms in total. The molecule has 56 valence electrons. The predicted octanol–water partition coefficient (Wildman–Crippen LogP) is 0.227. The number of azide groups is 1. The fourth-order valence-corrected chi connectivity index (χ4v) is 0.658. The van der Waals surface area contributed by atoms with Crippen LogP contribution in [0.5, 0.6) is 0 Å². The van der Waals surface area contributed by atoms with Crippen LogP contribution in [0.4, 0.5) is 0 Å². The molecule has 1 rings (SSSR count). The van der Waals surface area contributed by atoms with Crippen molar-refractivity contribution in [1.29, 1.82) is 0 Å². The van der Waals surface area contributed by atoms with Gasteiger partial charge in [-0.3, -0.25) is 14.9 Å². The van der Waals surface area contributed by atoms with Crippen molar-refractivity contribution in [3.05, 3.63) is 22.2 Å². The van der Waals surface area contributed by atoms with Gasteiger partial charge >= 0.3 is 0 Å². The van der Waals surface area contributed by atoms with Crippen LogP contribution in [0.25, 0.3) is 10.4 Å². The van der Waals surface area contributed by atoms with E-state index in [0.29, 0.717) is 0 Å². The Morgan fingerprint density at radius 3 is 2.91 bits per heavy atom. The first-order valence-electron chi connectivity index (χ1n) is 2.83. The maximum Gasteiger partial charge on any atom is 0.259 e. The van der Waals surface area contributed by atoms with Gasteiger partial charge in [0, 0.05) is 11.3 Å². The summed E-state index contributed by atoms with van der Waals surface area (Å²) in [5.74, 6) is -1.02. The molecule has 0 spiro atoms. The van der Waals surface area contributed by atoms with Crippen molar-refractivity contribution in [1.82, 2.24) is 5.32 Å². The Bertz CT molecular complexity index is 287. The largest absolute Gasteiger partial charge is 0.292 e. The van der Waals surface area contributed by atoms with E-state index >= 15 is 0 Å². The third-order valence-corrected chi connectivity index (χ3v) is 1.12. The molecular formula is C5H4N4O2. The molecule has 0 aromatic carbocycles. The van der Waals surface area contributed by atoms with Gasteiger partial charge in [-0.25, -0.2) is 0 Å². The van der Waals surface area contributed by atoms with Gasteiger partial charge in [0.1, 0.15) is 0 Å². The van der Waals surface area contributed by atoms with Crippen LogP contribution in [0.15, 0.2) is 16.9 Å². The number of rotatable bonds is 1. The van der Waals surface area contributed by atoms with Crippen LogP contribution in [-0.4, -0.2) is 11.8 Å². The number of hydrogen-bond acceptors (Lipinski definition) is 3. The molecule has 1 aliphatic heterocycles. The molecule has 0 aromatic rings. The summed E-state index contributed by atoms with van der Waals surface area (Å²) in [4.78, 5) is 23.7. The first-order valence-corrected chi connectivity index (χ1v) is 2.83. The molecule has 11 heavy (non-hydrogen) atoms. The lowest BCUT2D eigenvalue weighted by molar-refractivity contribution is -0.128. The standard InChI is InChI=1S/C5H4N4O2/c6-9-8-3-1-2-4(10)7-5(3)11/h1H,2H2,(H,7,10,11). The highest BCUT2D eigenvalue weighted by Gasteiger charge is 2.16. The SMILES string of the molecule is [N-]=[N+]=NC1=CCC(=O)NC1=O. The molecule has 0 fully saturated rings. The minimum absolute atomic E-state index is 0.0490. The average Bonchev–Trinajstić information content (AvgIpc) is 1.95. The average molecular weight is 152 g/mol. The molecule has 6 heteroatoms. The lowest BCUT2D eigenvalue weighted by Gasteiger charge is -2.06. The lowest BCUT2D eigenvalue weighted by atomic mass is 10.2. The maximum absolute atomic E-state index is 10.7. The van der Waals surface area contributed by atoms with E-state index in [9.17, 15) is 9.59 Å². The van der Waals surface area contributed by atoms with Crippen molar-refractivity contribution in [2.45, 2.75) is 6.42 Å². The molecule has 0 saturated carbocycles. The zero-order valence-electron chi connectivity index (χ0n) is 5.44. The Labute approximate surface area is 61.5 Å². The first-order chi connectivity index (χ1) is 5.24. The Morgan fingerprint density at radius 2 is 2.36 bits per heavy atom. The van der Waals surface area contributed by atoms with Gasteiger partial charge in [0.05, 0.1) is 5.70 Å². The van der Waals surface area contributed by atoms with Gasteiger partial charge < -0.3 is 0 Å². The van der Waals surface area contributed by atoms with Crippen molar-refractivity contribution < 1.29 is 9.59 Å². The Kier molecular flexibility index (Phi) is 1.89. The zero-order valence-corrected chi connectivity index (χ0v) is 5.44. The van der Waals surface area contributed by atoms with Crippen molar-refractivity contribution in [3.8, 4) is 0 Å². The highest BCUT2D eigenvalue weighted by Crippen LogP contribution is 2.04. The van der Waals surface area contributed by atoms with Crippen LogP contribution < -0.4 is 5.32 Å². The molecular weight excluding hydrogens is 148 g/mol. The van der Waals surface area contributed by atoms with Crippen LogP contribution in [0, 0.1) is 0 Å². The van der Waals surface area contributed by atoms with Crippen molar-refractivity contribution >= 4 is 11.8 Å². The molecule has 1 heterocycles. The summed E-state index contributed by atoms with van der Waals surface area (Å²) in [6.07, 6.45) is 1.38. The molecule has 0 aliphatic carbocycles. The molecule has 0 aromatic heterocycles. The molecule has 1 aliphatic rings. The van der Waals surface area contributed by atoms with E-state index in [4.69, 9.17) is 5.53 Å². The summed E-state index contributed by atoms with van der Waals surface area (Å²) < 4.78 is 0. The molecule has 0 saturated heterocycles. The van der Waals surface area contributed by atoms with Gasteiger partial charge in [0.2, 0.25) is 5.91 Å². The molecule has 0 atom stereocenters. The molecule has 0 bridgehead atoms. The second-order valence-electron chi connectivity index (χ2n) is 1.86. The van der Waals surface area contributed by atoms with E-state index in [1.165, 1.54) is 6.08 Å². The summed E-state index contributed by atoms with van der Waals surface area (Å²) in [7, 11) is 0. The quantitative estimate of drug-likeness (QED) is 0.252. The second kappa shape index (κ2) is 2.85. The Morgan fingerprint density at radius 1 is 1.64 bits per heavy atom. The molecule has 1 N–H and O–H groups in total. The minimum atomic E-state index is -0.640. The number of nitrogens with zero attached hydrogens (tertiary/aromatic N) is 3. The summed E-state index contributed by atoms with van der Waals surface area (Å²) in [5.41, 5.74) is 7.91. The third kappa shape index (κ3) is 1.56. The minimum Gasteiger partial charge on any atom is -0.292 e. The zero-order chi connectivity index (χ0) is 8.27. The van der Waals surface area contributed by atoms with Crippen LogP contribution in [0.3, 0.4) is 0 Å². The van der Waals surface area contributed by atoms with Gasteiger partial charge in [-0.15, -0.1) is 0 Å². The van der Waals surface area contributed by atoms with E-state index in [1.54, 1.807) is 0 Å². The number of amides is 2. The summed E-state index contributed by atoms with van der Waals surface area (Å²) >= 11 is 0. The molecule has 0 unspecified atom stereocenters. The van der Waals surface area contributed by atoms with E-state index in [1.807, 2.05) is 5.32 Å². The third-order valence-electron chi connectivity index (χ3n) is 1.12. The van der Waals surface area contributed by atoms with Crippen molar-refractivity contribution in [3.63, 3.8) is 0 Å². The van der Waals surface area contributed by atoms with Crippen molar-refractivity contribution in [2.24, 2.45) is 5.11 Å². The van der Waals surface area contributed by atoms with Gasteiger partial charge in [-0.05, 0) is 5.53 Å². The van der Waals surface area contributed by atoms with Crippen LogP contribution in [-0.2, 0) is 9.59 Å². The Hall–Kier alpha value is -1.81. The number of carbonyl (C=O) groups excluding carboxylic acids is 2. The van der Waals surface area contributed by atoms with E-state index in [2.05, 4.69) is 10.0 Å². The van der Waals surface area contributed by atoms with Crippen LogP contribution >= 0.6 is 0 Å². The topological polar surface area (TPSA) is 94.9 Å². The normalized spacial score (nSPS) is 16.5. The summed E-state index contributed by atoms with van der Waals surface area (Å²) in [6, 6.07) is 0. The summed E-state index contributed by atoms with van der Waals surface area (Å²) in [5, 5.41) is 5.08. The highest BCUT2D eigenvalue weighted by atomic mass is 16.2. The first kappa shape index (κ1) is 7.30. The highest BCUT2D eigenvalue weighted by molar-refractivity contribution is 6.07. The van der Waals surface area contributed by atoms with Crippen LogP contribution in [0.1, 0.15) is 6.42 Å². The van der Waals surface area contributed by atoms with E-state index in [-0.39, 0.29) is 18.0 Å². The van der Waals surface area contributed by atoms with Gasteiger partial charge in [-0.1, -0.05) is 11.2 Å². The number of hydrogen-bond donors (Lipinski definition) is 1. The molecule has 2 amide bonds. The van der Waals surface area contributed by atoms with E-state index < -0.39 is 5.91 Å². The van der Waals surface area contributed by atoms with Gasteiger partial charge in [0.25, 0.3) is 5.91 Å². The Balaban J connectivity index is 2.89. The second-order valence-corrected chi connectivity index (χ2v) is 1.86. The van der Waals surface area contributed by atoms with Crippen LogP contribution in [0.2, 0.25) is 0 Å². The monoisotopic (exact) mass is 152 g/mol. The number of nitrogens with one attached hydrogen (secondary N) is 1. The van der Waals surface area contributed by atoms with Gasteiger partial charge in [-0.2, -0.15) is 0 Å². The fraction of sp³-hybridized carbons (Fsp3) is 0.200. The predicted molar refractivity (Wildman–Crippen MR) is 35.0 cm³/mol. The number of carbonyl (C=O) groups is 2. The number of imide groups is 1. The van der Waals surface area contributed by atoms with Crippen molar-refractivity contribution in [2.75, 3.05) is 0 Å². The smallest absolute Gasteiger partial charge is 0.259 e. The molecule has 0 radical (unpaired) electrons. The maximum atomic E-state index is 10.7. The van der Waals surface area contributed by atoms with Gasteiger partial charge in [0.15, 0.2) is 0 Å². The fourth-order valence-electron chi connectivity index (χ4n) is 0.658. The van der Waals surface area contributed by atoms with E-state index in [0.717, 1.165) is 0 Å².